The van der Waals surface area contributed by atoms with Gasteiger partial charge < -0.3 is 10.5 Å². The number of nitrogens with zero attached hydrogens (tertiary/aromatic N) is 1. The Morgan fingerprint density at radius 3 is 2.54 bits per heavy atom. The highest BCUT2D eigenvalue weighted by molar-refractivity contribution is 6.23. The molecule has 2 aliphatic heterocycles. The first-order valence-electron chi connectivity index (χ1n) is 7.21. The molecule has 1 saturated heterocycles. The van der Waals surface area contributed by atoms with Crippen LogP contribution in [0.4, 0.5) is 0 Å². The lowest BCUT2D eigenvalue weighted by molar-refractivity contribution is -0.136. The zero-order valence-corrected chi connectivity index (χ0v) is 13.4. The SMILES string of the molecule is Cl.NCCOc1ccc2c(c1)C(=O)N(C1CCC(=O)NC1=O)C2=O. The fourth-order valence-electron chi connectivity index (χ4n) is 2.72. The third kappa shape index (κ3) is 2.98. The average molecular weight is 354 g/mol. The summed E-state index contributed by atoms with van der Waals surface area (Å²) < 4.78 is 5.35. The second kappa shape index (κ2) is 6.98. The molecule has 128 valence electrons. The number of hydrogen-bond donors (Lipinski definition) is 2. The number of imide groups is 2. The number of benzene rings is 1. The van der Waals surface area contributed by atoms with Gasteiger partial charge >= 0.3 is 0 Å². The van der Waals surface area contributed by atoms with Crippen molar-refractivity contribution in [2.75, 3.05) is 13.2 Å². The third-order valence-corrected chi connectivity index (χ3v) is 3.80. The van der Waals surface area contributed by atoms with Crippen molar-refractivity contribution >= 4 is 36.0 Å². The van der Waals surface area contributed by atoms with E-state index in [4.69, 9.17) is 10.5 Å². The van der Waals surface area contributed by atoms with Crippen LogP contribution in [0.3, 0.4) is 0 Å². The second-order valence-corrected chi connectivity index (χ2v) is 5.29. The van der Waals surface area contributed by atoms with Crippen LogP contribution in [0.15, 0.2) is 18.2 Å². The van der Waals surface area contributed by atoms with Crippen molar-refractivity contribution in [1.29, 1.82) is 0 Å². The van der Waals surface area contributed by atoms with Gasteiger partial charge in [-0.1, -0.05) is 0 Å². The fraction of sp³-hybridized carbons (Fsp3) is 0.333. The molecular weight excluding hydrogens is 338 g/mol. The lowest BCUT2D eigenvalue weighted by Crippen LogP contribution is -2.54. The van der Waals surface area contributed by atoms with E-state index in [1.807, 2.05) is 0 Å². The number of amides is 4. The third-order valence-electron chi connectivity index (χ3n) is 3.80. The number of nitrogens with one attached hydrogen (secondary N) is 1. The molecule has 0 bridgehead atoms. The van der Waals surface area contributed by atoms with Gasteiger partial charge in [-0.3, -0.25) is 29.4 Å². The molecule has 0 aromatic heterocycles. The van der Waals surface area contributed by atoms with E-state index in [-0.39, 0.29) is 43.0 Å². The standard InChI is InChI=1S/C15H15N3O5.ClH/c16-5-6-23-8-1-2-9-10(7-8)15(22)18(14(9)21)11-3-4-12(19)17-13(11)20;/h1-2,7,11H,3-6,16H2,(H,17,19,20);1H. The summed E-state index contributed by atoms with van der Waals surface area (Å²) in [6, 6.07) is 3.58. The van der Waals surface area contributed by atoms with Crippen molar-refractivity contribution in [3.8, 4) is 5.75 Å². The molecule has 24 heavy (non-hydrogen) atoms. The number of rotatable bonds is 4. The van der Waals surface area contributed by atoms with E-state index >= 15 is 0 Å². The number of halogens is 1. The summed E-state index contributed by atoms with van der Waals surface area (Å²) in [5.74, 6) is -1.70. The van der Waals surface area contributed by atoms with Crippen molar-refractivity contribution in [3.63, 3.8) is 0 Å². The van der Waals surface area contributed by atoms with Gasteiger partial charge in [0, 0.05) is 13.0 Å². The van der Waals surface area contributed by atoms with E-state index in [1.54, 1.807) is 6.07 Å². The number of ether oxygens (including phenoxy) is 1. The van der Waals surface area contributed by atoms with E-state index < -0.39 is 29.7 Å². The molecule has 0 spiro atoms. The summed E-state index contributed by atoms with van der Waals surface area (Å²) in [7, 11) is 0. The van der Waals surface area contributed by atoms with E-state index in [1.165, 1.54) is 12.1 Å². The molecule has 9 heteroatoms. The molecule has 1 fully saturated rings. The molecule has 2 heterocycles. The summed E-state index contributed by atoms with van der Waals surface area (Å²) in [6.45, 7) is 0.615. The van der Waals surface area contributed by atoms with E-state index in [0.29, 0.717) is 12.3 Å². The highest BCUT2D eigenvalue weighted by Crippen LogP contribution is 2.30. The van der Waals surface area contributed by atoms with Crippen LogP contribution < -0.4 is 15.8 Å². The normalized spacial score (nSPS) is 19.7. The van der Waals surface area contributed by atoms with Gasteiger partial charge in [0.05, 0.1) is 11.1 Å². The van der Waals surface area contributed by atoms with Crippen LogP contribution in [0.25, 0.3) is 0 Å². The van der Waals surface area contributed by atoms with Crippen LogP contribution in [0, 0.1) is 0 Å². The van der Waals surface area contributed by atoms with Crippen LogP contribution in [0.5, 0.6) is 5.75 Å². The minimum atomic E-state index is -0.964. The van der Waals surface area contributed by atoms with Gasteiger partial charge in [0.25, 0.3) is 11.8 Å². The van der Waals surface area contributed by atoms with Gasteiger partial charge in [-0.25, -0.2) is 0 Å². The van der Waals surface area contributed by atoms with Gasteiger partial charge in [0.15, 0.2) is 0 Å². The average Bonchev–Trinajstić information content (AvgIpc) is 2.77. The summed E-state index contributed by atoms with van der Waals surface area (Å²) in [5.41, 5.74) is 5.77. The Labute approximate surface area is 143 Å². The highest BCUT2D eigenvalue weighted by atomic mass is 35.5. The maximum atomic E-state index is 12.5. The Kier molecular flexibility index (Phi) is 5.20. The predicted molar refractivity (Wildman–Crippen MR) is 84.9 cm³/mol. The van der Waals surface area contributed by atoms with Crippen LogP contribution >= 0.6 is 12.4 Å². The monoisotopic (exact) mass is 353 g/mol. The molecule has 4 amide bonds. The molecule has 0 aliphatic carbocycles. The molecule has 3 N–H and O–H groups in total. The lowest BCUT2D eigenvalue weighted by atomic mass is 10.0. The Morgan fingerprint density at radius 1 is 1.17 bits per heavy atom. The number of carbonyl (C=O) groups excluding carboxylic acids is 4. The molecule has 8 nitrogen and oxygen atoms in total. The largest absolute Gasteiger partial charge is 0.492 e. The molecule has 3 rings (SSSR count). The molecule has 1 atom stereocenters. The molecule has 1 aromatic carbocycles. The Hall–Kier alpha value is -2.45. The quantitative estimate of drug-likeness (QED) is 0.726. The van der Waals surface area contributed by atoms with Gasteiger partial charge in [-0.2, -0.15) is 0 Å². The predicted octanol–water partition coefficient (Wildman–Crippen LogP) is -0.153. The van der Waals surface area contributed by atoms with Crippen LogP contribution in [0.1, 0.15) is 33.6 Å². The van der Waals surface area contributed by atoms with Gasteiger partial charge in [0.2, 0.25) is 11.8 Å². The minimum absolute atomic E-state index is 0. The molecule has 1 aromatic rings. The van der Waals surface area contributed by atoms with Crippen molar-refractivity contribution in [2.24, 2.45) is 5.73 Å². The van der Waals surface area contributed by atoms with E-state index in [0.717, 1.165) is 4.90 Å². The summed E-state index contributed by atoms with van der Waals surface area (Å²) in [4.78, 5) is 49.0. The number of piperidine rings is 1. The maximum Gasteiger partial charge on any atom is 0.262 e. The zero-order valence-electron chi connectivity index (χ0n) is 12.6. The number of fused-ring (bicyclic) bond motifs is 1. The van der Waals surface area contributed by atoms with Crippen LogP contribution in [-0.4, -0.2) is 47.7 Å². The highest BCUT2D eigenvalue weighted by Gasteiger charge is 2.44. The smallest absolute Gasteiger partial charge is 0.262 e. The van der Waals surface area contributed by atoms with Crippen molar-refractivity contribution in [3.05, 3.63) is 29.3 Å². The van der Waals surface area contributed by atoms with Gasteiger partial charge in [0.1, 0.15) is 18.4 Å². The number of nitrogens with two attached hydrogens (primary N) is 1. The first kappa shape index (κ1) is 17.9. The topological polar surface area (TPSA) is 119 Å². The molecule has 2 aliphatic rings. The second-order valence-electron chi connectivity index (χ2n) is 5.29. The molecule has 1 unspecified atom stereocenters. The number of carbonyl (C=O) groups is 4. The summed E-state index contributed by atoms with van der Waals surface area (Å²) >= 11 is 0. The first-order valence-corrected chi connectivity index (χ1v) is 7.21. The van der Waals surface area contributed by atoms with Crippen molar-refractivity contribution in [1.82, 2.24) is 10.2 Å². The Bertz CT molecular complexity index is 721. The van der Waals surface area contributed by atoms with Gasteiger partial charge in [-0.05, 0) is 24.6 Å². The minimum Gasteiger partial charge on any atom is -0.492 e. The summed E-state index contributed by atoms with van der Waals surface area (Å²) in [6.07, 6.45) is 0.224. The molecule has 0 radical (unpaired) electrons. The fourth-order valence-corrected chi connectivity index (χ4v) is 2.72. The van der Waals surface area contributed by atoms with Crippen LogP contribution in [0.2, 0.25) is 0 Å². The van der Waals surface area contributed by atoms with E-state index in [9.17, 15) is 19.2 Å². The number of hydrogen-bond acceptors (Lipinski definition) is 6. The zero-order chi connectivity index (χ0) is 16.6. The Balaban J connectivity index is 0.00000208. The Morgan fingerprint density at radius 2 is 1.88 bits per heavy atom. The first-order chi connectivity index (χ1) is 11.0. The van der Waals surface area contributed by atoms with E-state index in [2.05, 4.69) is 5.32 Å². The van der Waals surface area contributed by atoms with Crippen molar-refractivity contribution < 1.29 is 23.9 Å². The van der Waals surface area contributed by atoms with Gasteiger partial charge in [-0.15, -0.1) is 12.4 Å². The van der Waals surface area contributed by atoms with Crippen LogP contribution in [-0.2, 0) is 9.59 Å². The maximum absolute atomic E-state index is 12.5. The van der Waals surface area contributed by atoms with Crippen molar-refractivity contribution in [2.45, 2.75) is 18.9 Å². The molecule has 0 saturated carbocycles. The summed E-state index contributed by atoms with van der Waals surface area (Å²) in [5, 5.41) is 2.15. The lowest BCUT2D eigenvalue weighted by Gasteiger charge is -2.27. The molecular formula is C15H16ClN3O5.